The number of amides is 2. The van der Waals surface area contributed by atoms with Gasteiger partial charge in [0.1, 0.15) is 11.3 Å². The third-order valence-electron chi connectivity index (χ3n) is 4.49. The van der Waals surface area contributed by atoms with Crippen molar-refractivity contribution in [2.24, 2.45) is 0 Å². The quantitative estimate of drug-likeness (QED) is 0.590. The predicted molar refractivity (Wildman–Crippen MR) is 108 cm³/mol. The fourth-order valence-electron chi connectivity index (χ4n) is 2.96. The first-order valence-corrected chi connectivity index (χ1v) is 8.86. The molecule has 0 radical (unpaired) electrons. The molecule has 3 N–H and O–H groups in total. The van der Waals surface area contributed by atoms with Crippen molar-refractivity contribution in [1.29, 1.82) is 0 Å². The molecule has 1 aromatic heterocycles. The lowest BCUT2D eigenvalue weighted by Crippen LogP contribution is -2.44. The SMILES string of the molecule is COc1ccc2oc(C(=O)NNC(=O)CNc3ccc(C)cc3C)c(C)c2c1. The van der Waals surface area contributed by atoms with E-state index in [0.717, 1.165) is 22.2 Å². The van der Waals surface area contributed by atoms with E-state index in [1.807, 2.05) is 32.0 Å². The van der Waals surface area contributed by atoms with Crippen LogP contribution in [0.25, 0.3) is 11.0 Å². The van der Waals surface area contributed by atoms with Crippen molar-refractivity contribution >= 4 is 28.5 Å². The lowest BCUT2D eigenvalue weighted by molar-refractivity contribution is -0.120. The third-order valence-corrected chi connectivity index (χ3v) is 4.49. The van der Waals surface area contributed by atoms with Crippen LogP contribution >= 0.6 is 0 Å². The van der Waals surface area contributed by atoms with Crippen LogP contribution in [0.5, 0.6) is 5.75 Å². The zero-order valence-electron chi connectivity index (χ0n) is 16.3. The van der Waals surface area contributed by atoms with Gasteiger partial charge in [0.05, 0.1) is 13.7 Å². The first-order chi connectivity index (χ1) is 13.4. The van der Waals surface area contributed by atoms with Crippen LogP contribution in [0.3, 0.4) is 0 Å². The zero-order chi connectivity index (χ0) is 20.3. The van der Waals surface area contributed by atoms with Crippen molar-refractivity contribution in [3.8, 4) is 5.75 Å². The van der Waals surface area contributed by atoms with Crippen molar-refractivity contribution in [2.45, 2.75) is 20.8 Å². The maximum atomic E-state index is 12.4. The first-order valence-electron chi connectivity index (χ1n) is 8.86. The van der Waals surface area contributed by atoms with Crippen LogP contribution < -0.4 is 20.9 Å². The topological polar surface area (TPSA) is 92.6 Å². The van der Waals surface area contributed by atoms with Gasteiger partial charge in [0, 0.05) is 16.6 Å². The second-order valence-corrected chi connectivity index (χ2v) is 6.59. The second kappa shape index (κ2) is 8.04. The number of carbonyl (C=O) groups is 2. The zero-order valence-corrected chi connectivity index (χ0v) is 16.3. The molecule has 2 amide bonds. The largest absolute Gasteiger partial charge is 0.497 e. The number of aryl methyl sites for hydroxylation is 3. The van der Waals surface area contributed by atoms with Gasteiger partial charge in [-0.05, 0) is 50.6 Å². The molecule has 3 rings (SSSR count). The van der Waals surface area contributed by atoms with E-state index in [1.165, 1.54) is 0 Å². The van der Waals surface area contributed by atoms with E-state index in [4.69, 9.17) is 9.15 Å². The molecule has 0 bridgehead atoms. The molecule has 0 saturated carbocycles. The van der Waals surface area contributed by atoms with Crippen LogP contribution in [0.1, 0.15) is 27.2 Å². The summed E-state index contributed by atoms with van der Waals surface area (Å²) in [5.74, 6) is -0.0729. The molecular formula is C21H23N3O4. The van der Waals surface area contributed by atoms with Gasteiger partial charge in [0.15, 0.2) is 5.76 Å². The number of nitrogens with one attached hydrogen (secondary N) is 3. The average molecular weight is 381 g/mol. The Labute approximate surface area is 163 Å². The fraction of sp³-hybridized carbons (Fsp3) is 0.238. The minimum absolute atomic E-state index is 0.0283. The summed E-state index contributed by atoms with van der Waals surface area (Å²) >= 11 is 0. The molecule has 146 valence electrons. The van der Waals surface area contributed by atoms with E-state index in [9.17, 15) is 9.59 Å². The number of ether oxygens (including phenoxy) is 1. The summed E-state index contributed by atoms with van der Waals surface area (Å²) in [7, 11) is 1.58. The monoisotopic (exact) mass is 381 g/mol. The Morgan fingerprint density at radius 3 is 2.54 bits per heavy atom. The Balaban J connectivity index is 1.59. The van der Waals surface area contributed by atoms with Crippen molar-refractivity contribution < 1.29 is 18.7 Å². The van der Waals surface area contributed by atoms with Gasteiger partial charge in [-0.2, -0.15) is 0 Å². The highest BCUT2D eigenvalue weighted by atomic mass is 16.5. The van der Waals surface area contributed by atoms with E-state index >= 15 is 0 Å². The molecule has 0 atom stereocenters. The summed E-state index contributed by atoms with van der Waals surface area (Å²) in [6.07, 6.45) is 0. The van der Waals surface area contributed by atoms with Gasteiger partial charge in [-0.3, -0.25) is 20.4 Å². The van der Waals surface area contributed by atoms with Crippen LogP contribution in [0.2, 0.25) is 0 Å². The van der Waals surface area contributed by atoms with Crippen molar-refractivity contribution in [1.82, 2.24) is 10.9 Å². The average Bonchev–Trinajstić information content (AvgIpc) is 3.01. The molecule has 3 aromatic rings. The van der Waals surface area contributed by atoms with E-state index < -0.39 is 5.91 Å². The Morgan fingerprint density at radius 1 is 1.04 bits per heavy atom. The maximum Gasteiger partial charge on any atom is 0.305 e. The van der Waals surface area contributed by atoms with E-state index in [0.29, 0.717) is 16.9 Å². The number of methoxy groups -OCH3 is 1. The predicted octanol–water partition coefficient (Wildman–Crippen LogP) is 3.24. The highest BCUT2D eigenvalue weighted by molar-refractivity contribution is 6.00. The second-order valence-electron chi connectivity index (χ2n) is 6.59. The van der Waals surface area contributed by atoms with E-state index in [1.54, 1.807) is 32.2 Å². The van der Waals surface area contributed by atoms with Gasteiger partial charge >= 0.3 is 5.91 Å². The molecule has 0 saturated heterocycles. The van der Waals surface area contributed by atoms with Gasteiger partial charge in [-0.25, -0.2) is 0 Å². The van der Waals surface area contributed by atoms with Crippen molar-refractivity contribution in [3.63, 3.8) is 0 Å². The van der Waals surface area contributed by atoms with Gasteiger partial charge in [0.25, 0.3) is 5.91 Å². The standard InChI is InChI=1S/C21H23N3O4/c1-12-5-7-17(13(2)9-12)22-11-19(25)23-24-21(26)20-14(3)16-10-15(27-4)6-8-18(16)28-20/h5-10,22H,11H2,1-4H3,(H,23,25)(H,24,26). The minimum atomic E-state index is -0.521. The lowest BCUT2D eigenvalue weighted by atomic mass is 10.1. The number of benzene rings is 2. The van der Waals surface area contributed by atoms with Crippen LogP contribution in [0, 0.1) is 20.8 Å². The number of anilines is 1. The summed E-state index contributed by atoms with van der Waals surface area (Å²) in [5.41, 5.74) is 9.09. The number of carbonyl (C=O) groups excluding carboxylic acids is 2. The molecule has 7 nitrogen and oxygen atoms in total. The molecule has 2 aromatic carbocycles. The molecule has 0 aliphatic heterocycles. The van der Waals surface area contributed by atoms with Gasteiger partial charge in [0.2, 0.25) is 0 Å². The number of furan rings is 1. The number of hydrazine groups is 1. The molecule has 0 aliphatic rings. The van der Waals surface area contributed by atoms with E-state index in [-0.39, 0.29) is 18.2 Å². The highest BCUT2D eigenvalue weighted by Gasteiger charge is 2.18. The minimum Gasteiger partial charge on any atom is -0.497 e. The first kappa shape index (κ1) is 19.3. The maximum absolute atomic E-state index is 12.4. The van der Waals surface area contributed by atoms with Gasteiger partial charge < -0.3 is 14.5 Å². The molecule has 0 unspecified atom stereocenters. The molecule has 7 heteroatoms. The Morgan fingerprint density at radius 2 is 1.82 bits per heavy atom. The number of rotatable bonds is 5. The Kier molecular flexibility index (Phi) is 5.54. The van der Waals surface area contributed by atoms with Crippen LogP contribution in [0.4, 0.5) is 5.69 Å². The summed E-state index contributed by atoms with van der Waals surface area (Å²) in [4.78, 5) is 24.4. The number of hydrogen-bond donors (Lipinski definition) is 3. The molecule has 0 spiro atoms. The summed E-state index contributed by atoms with van der Waals surface area (Å²) in [6.45, 7) is 5.79. The van der Waals surface area contributed by atoms with E-state index in [2.05, 4.69) is 16.2 Å². The van der Waals surface area contributed by atoms with Crippen molar-refractivity contribution in [2.75, 3.05) is 19.0 Å². The molecule has 28 heavy (non-hydrogen) atoms. The molecular weight excluding hydrogens is 358 g/mol. The van der Waals surface area contributed by atoms with Crippen LogP contribution in [0.15, 0.2) is 40.8 Å². The lowest BCUT2D eigenvalue weighted by Gasteiger charge is -2.11. The fourth-order valence-corrected chi connectivity index (χ4v) is 2.96. The van der Waals surface area contributed by atoms with Gasteiger partial charge in [-0.1, -0.05) is 17.7 Å². The molecule has 0 aliphatic carbocycles. The highest BCUT2D eigenvalue weighted by Crippen LogP contribution is 2.28. The smallest absolute Gasteiger partial charge is 0.305 e. The Bertz CT molecular complexity index is 1040. The number of hydrogen-bond acceptors (Lipinski definition) is 5. The third kappa shape index (κ3) is 4.09. The Hall–Kier alpha value is -3.48. The normalized spacial score (nSPS) is 10.6. The summed E-state index contributed by atoms with van der Waals surface area (Å²) in [5, 5.41) is 3.83. The molecule has 1 heterocycles. The van der Waals surface area contributed by atoms with Crippen LogP contribution in [-0.4, -0.2) is 25.5 Å². The van der Waals surface area contributed by atoms with Crippen molar-refractivity contribution in [3.05, 3.63) is 58.8 Å². The summed E-state index contributed by atoms with van der Waals surface area (Å²) < 4.78 is 10.8. The van der Waals surface area contributed by atoms with Gasteiger partial charge in [-0.15, -0.1) is 0 Å². The molecule has 0 fully saturated rings. The summed E-state index contributed by atoms with van der Waals surface area (Å²) in [6, 6.07) is 11.2. The van der Waals surface area contributed by atoms with Crippen LogP contribution in [-0.2, 0) is 4.79 Å². The number of fused-ring (bicyclic) bond motifs is 1.